The number of ether oxygens (including phenoxy) is 1. The van der Waals surface area contributed by atoms with E-state index in [1.165, 1.54) is 6.07 Å². The van der Waals surface area contributed by atoms with Crippen molar-refractivity contribution in [3.8, 4) is 0 Å². The van der Waals surface area contributed by atoms with Crippen molar-refractivity contribution in [2.24, 2.45) is 7.05 Å². The van der Waals surface area contributed by atoms with Crippen molar-refractivity contribution in [2.45, 2.75) is 26.6 Å². The number of aromatic nitrogens is 2. The van der Waals surface area contributed by atoms with Crippen LogP contribution in [0.4, 0.5) is 18.9 Å². The van der Waals surface area contributed by atoms with Gasteiger partial charge < -0.3 is 10.1 Å². The van der Waals surface area contributed by atoms with E-state index in [1.807, 2.05) is 6.92 Å². The molecule has 1 heterocycles. The van der Waals surface area contributed by atoms with Crippen molar-refractivity contribution in [3.05, 3.63) is 46.8 Å². The molecule has 0 saturated heterocycles. The Labute approximate surface area is 137 Å². The Morgan fingerprint density at radius 1 is 1.33 bits per heavy atom. The molecule has 0 bridgehead atoms. The van der Waals surface area contributed by atoms with Gasteiger partial charge in [0, 0.05) is 12.6 Å². The van der Waals surface area contributed by atoms with E-state index in [9.17, 15) is 18.0 Å². The lowest BCUT2D eigenvalue weighted by atomic mass is 10.1. The Morgan fingerprint density at radius 3 is 2.62 bits per heavy atom. The summed E-state index contributed by atoms with van der Waals surface area (Å²) < 4.78 is 42.5. The fraction of sp³-hybridized carbons (Fsp3) is 0.375. The van der Waals surface area contributed by atoms with Crippen LogP contribution in [-0.2, 0) is 18.4 Å². The average molecular weight is 341 g/mol. The van der Waals surface area contributed by atoms with Crippen molar-refractivity contribution < 1.29 is 22.7 Å². The first kappa shape index (κ1) is 18.0. The van der Waals surface area contributed by atoms with Crippen LogP contribution in [0.5, 0.6) is 0 Å². The number of carbonyl (C=O) groups is 1. The standard InChI is InChI=1S/C16H18F3N3O2/c1-10-14(11(2)22(3)21-10)20-15(23)13-6-4-5-12(7-13)8-24-9-16(17,18)19/h4-7H,8-9H2,1-3H3,(H,20,23). The highest BCUT2D eigenvalue weighted by Crippen LogP contribution is 2.20. The second-order valence-electron chi connectivity index (χ2n) is 5.43. The molecule has 1 amide bonds. The van der Waals surface area contributed by atoms with E-state index in [-0.39, 0.29) is 12.5 Å². The fourth-order valence-corrected chi connectivity index (χ4v) is 2.23. The van der Waals surface area contributed by atoms with Gasteiger partial charge in [-0.2, -0.15) is 18.3 Å². The summed E-state index contributed by atoms with van der Waals surface area (Å²) in [6.45, 7) is 2.07. The number of carbonyl (C=O) groups excluding carboxylic acids is 1. The topological polar surface area (TPSA) is 56.2 Å². The zero-order valence-corrected chi connectivity index (χ0v) is 13.6. The molecule has 0 spiro atoms. The van der Waals surface area contributed by atoms with E-state index < -0.39 is 12.8 Å². The van der Waals surface area contributed by atoms with Gasteiger partial charge in [-0.3, -0.25) is 9.48 Å². The first-order valence-electron chi connectivity index (χ1n) is 7.22. The van der Waals surface area contributed by atoms with Gasteiger partial charge in [0.25, 0.3) is 5.91 Å². The van der Waals surface area contributed by atoms with Crippen LogP contribution in [0, 0.1) is 13.8 Å². The molecular weight excluding hydrogens is 323 g/mol. The Morgan fingerprint density at radius 2 is 2.04 bits per heavy atom. The number of rotatable bonds is 5. The highest BCUT2D eigenvalue weighted by atomic mass is 19.4. The maximum Gasteiger partial charge on any atom is 0.411 e. The van der Waals surface area contributed by atoms with Gasteiger partial charge in [-0.15, -0.1) is 0 Å². The van der Waals surface area contributed by atoms with Gasteiger partial charge in [0.15, 0.2) is 0 Å². The molecule has 8 heteroatoms. The maximum atomic E-state index is 12.3. The average Bonchev–Trinajstić information content (AvgIpc) is 2.72. The molecule has 2 aromatic rings. The number of anilines is 1. The molecule has 0 aliphatic carbocycles. The number of hydrogen-bond acceptors (Lipinski definition) is 3. The monoisotopic (exact) mass is 341 g/mol. The molecule has 24 heavy (non-hydrogen) atoms. The zero-order chi connectivity index (χ0) is 17.9. The number of nitrogens with zero attached hydrogens (tertiary/aromatic N) is 2. The first-order valence-corrected chi connectivity index (χ1v) is 7.22. The maximum absolute atomic E-state index is 12.3. The zero-order valence-electron chi connectivity index (χ0n) is 13.6. The Bertz CT molecular complexity index is 739. The van der Waals surface area contributed by atoms with Gasteiger partial charge in [-0.05, 0) is 31.5 Å². The molecule has 0 saturated carbocycles. The van der Waals surface area contributed by atoms with E-state index in [0.29, 0.717) is 22.5 Å². The van der Waals surface area contributed by atoms with E-state index in [0.717, 1.165) is 5.69 Å². The minimum atomic E-state index is -4.37. The number of hydrogen-bond donors (Lipinski definition) is 1. The quantitative estimate of drug-likeness (QED) is 0.907. The SMILES string of the molecule is Cc1nn(C)c(C)c1NC(=O)c1cccc(COCC(F)(F)F)c1. The van der Waals surface area contributed by atoms with Crippen LogP contribution in [0.15, 0.2) is 24.3 Å². The number of nitrogens with one attached hydrogen (secondary N) is 1. The number of amides is 1. The Hall–Kier alpha value is -2.35. The van der Waals surface area contributed by atoms with Gasteiger partial charge in [0.2, 0.25) is 0 Å². The van der Waals surface area contributed by atoms with Crippen LogP contribution >= 0.6 is 0 Å². The van der Waals surface area contributed by atoms with Crippen LogP contribution in [0.3, 0.4) is 0 Å². The lowest BCUT2D eigenvalue weighted by Gasteiger charge is -2.09. The third-order valence-corrected chi connectivity index (χ3v) is 3.47. The number of halogens is 3. The summed E-state index contributed by atoms with van der Waals surface area (Å²) in [6, 6.07) is 6.30. The molecule has 0 unspecified atom stereocenters. The highest BCUT2D eigenvalue weighted by Gasteiger charge is 2.27. The van der Waals surface area contributed by atoms with Crippen molar-refractivity contribution in [2.75, 3.05) is 11.9 Å². The molecule has 5 nitrogen and oxygen atoms in total. The minimum absolute atomic E-state index is 0.217. The van der Waals surface area contributed by atoms with Gasteiger partial charge in [0.1, 0.15) is 6.61 Å². The number of alkyl halides is 3. The van der Waals surface area contributed by atoms with E-state index in [1.54, 1.807) is 36.9 Å². The summed E-state index contributed by atoms with van der Waals surface area (Å²) in [7, 11) is 1.77. The molecule has 0 atom stereocenters. The van der Waals surface area contributed by atoms with E-state index in [2.05, 4.69) is 15.2 Å². The number of aryl methyl sites for hydroxylation is 2. The second kappa shape index (κ2) is 7.04. The summed E-state index contributed by atoms with van der Waals surface area (Å²) in [5.74, 6) is -0.355. The van der Waals surface area contributed by atoms with Crippen molar-refractivity contribution in [3.63, 3.8) is 0 Å². The lowest BCUT2D eigenvalue weighted by Crippen LogP contribution is -2.17. The molecule has 2 rings (SSSR count). The van der Waals surface area contributed by atoms with Crippen LogP contribution in [-0.4, -0.2) is 28.5 Å². The summed E-state index contributed by atoms with van der Waals surface area (Å²) in [5.41, 5.74) is 2.96. The number of benzene rings is 1. The van der Waals surface area contributed by atoms with Gasteiger partial charge in [0.05, 0.1) is 23.7 Å². The van der Waals surface area contributed by atoms with Crippen molar-refractivity contribution in [1.82, 2.24) is 9.78 Å². The predicted octanol–water partition coefficient (Wildman–Crippen LogP) is 3.37. The fourth-order valence-electron chi connectivity index (χ4n) is 2.23. The predicted molar refractivity (Wildman–Crippen MR) is 82.8 cm³/mol. The summed E-state index contributed by atoms with van der Waals surface area (Å²) >= 11 is 0. The molecule has 0 radical (unpaired) electrons. The van der Waals surface area contributed by atoms with Crippen molar-refractivity contribution >= 4 is 11.6 Å². The van der Waals surface area contributed by atoms with E-state index >= 15 is 0 Å². The molecule has 1 N–H and O–H groups in total. The summed E-state index contributed by atoms with van der Waals surface area (Å²) in [5, 5.41) is 6.99. The Kier molecular flexibility index (Phi) is 5.28. The van der Waals surface area contributed by atoms with Gasteiger partial charge in [-0.1, -0.05) is 12.1 Å². The van der Waals surface area contributed by atoms with Gasteiger partial charge in [-0.25, -0.2) is 0 Å². The third-order valence-electron chi connectivity index (χ3n) is 3.47. The van der Waals surface area contributed by atoms with Crippen molar-refractivity contribution in [1.29, 1.82) is 0 Å². The minimum Gasteiger partial charge on any atom is -0.367 e. The van der Waals surface area contributed by atoms with Crippen LogP contribution in [0.2, 0.25) is 0 Å². The molecule has 1 aromatic carbocycles. The summed E-state index contributed by atoms with van der Waals surface area (Å²) in [6.07, 6.45) is -4.37. The molecule has 0 fully saturated rings. The highest BCUT2D eigenvalue weighted by molar-refractivity contribution is 6.04. The first-order chi connectivity index (χ1) is 11.2. The van der Waals surface area contributed by atoms with E-state index in [4.69, 9.17) is 0 Å². The smallest absolute Gasteiger partial charge is 0.367 e. The molecule has 1 aromatic heterocycles. The molecule has 130 valence electrons. The Balaban J connectivity index is 2.06. The molecule has 0 aliphatic rings. The molecule has 0 aliphatic heterocycles. The van der Waals surface area contributed by atoms with Crippen LogP contribution in [0.25, 0.3) is 0 Å². The molecular formula is C16H18F3N3O2. The van der Waals surface area contributed by atoms with Gasteiger partial charge >= 0.3 is 6.18 Å². The summed E-state index contributed by atoms with van der Waals surface area (Å²) in [4.78, 5) is 12.3. The van der Waals surface area contributed by atoms with Crippen LogP contribution in [0.1, 0.15) is 27.3 Å². The third kappa shape index (κ3) is 4.58. The second-order valence-corrected chi connectivity index (χ2v) is 5.43. The lowest BCUT2D eigenvalue weighted by molar-refractivity contribution is -0.176. The normalized spacial score (nSPS) is 11.6. The largest absolute Gasteiger partial charge is 0.411 e. The van der Waals surface area contributed by atoms with Crippen LogP contribution < -0.4 is 5.32 Å².